The molecule has 2 atom stereocenters. The molecule has 1 aromatic carbocycles. The Labute approximate surface area is 153 Å². The molecular weight excluding hydrogens is 338 g/mol. The summed E-state index contributed by atoms with van der Waals surface area (Å²) in [6.45, 7) is 10.1. The van der Waals surface area contributed by atoms with Gasteiger partial charge in [0.15, 0.2) is 0 Å². The topological polar surface area (TPSA) is 75.6 Å². The molecule has 0 bridgehead atoms. The van der Waals surface area contributed by atoms with Crippen LogP contribution in [-0.4, -0.2) is 41.0 Å². The zero-order valence-electron chi connectivity index (χ0n) is 15.5. The van der Waals surface area contributed by atoms with Gasteiger partial charge in [0.1, 0.15) is 5.54 Å². The van der Waals surface area contributed by atoms with Gasteiger partial charge in [-0.25, -0.2) is 4.79 Å². The second-order valence-electron chi connectivity index (χ2n) is 7.19. The van der Waals surface area contributed by atoms with Gasteiger partial charge in [-0.1, -0.05) is 31.5 Å². The van der Waals surface area contributed by atoms with Crippen molar-refractivity contribution < 1.29 is 19.4 Å². The van der Waals surface area contributed by atoms with Gasteiger partial charge in [-0.3, -0.25) is 4.79 Å². The fraction of sp³-hybridized carbons (Fsp3) is 0.579. The first kappa shape index (κ1) is 19.8. The number of nitrogens with one attached hydrogen (secondary N) is 1. The lowest BCUT2D eigenvalue weighted by Gasteiger charge is -2.58. The second-order valence-corrected chi connectivity index (χ2v) is 8.20. The number of ether oxygens (including phenoxy) is 1. The fourth-order valence-corrected chi connectivity index (χ4v) is 4.24. The third kappa shape index (κ3) is 3.70. The van der Waals surface area contributed by atoms with Crippen LogP contribution in [0.1, 0.15) is 38.3 Å². The van der Waals surface area contributed by atoms with Crippen molar-refractivity contribution in [2.75, 3.05) is 12.4 Å². The Balaban J connectivity index is 2.05. The quantitative estimate of drug-likeness (QED) is 0.726. The zero-order chi connectivity index (χ0) is 18.8. The molecule has 138 valence electrons. The highest BCUT2D eigenvalue weighted by atomic mass is 32.2. The highest BCUT2D eigenvalue weighted by molar-refractivity contribution is 8.00. The van der Waals surface area contributed by atoms with E-state index in [-0.39, 0.29) is 17.8 Å². The number of hydrogen-bond donors (Lipinski definition) is 2. The number of aliphatic carboxylic acids is 1. The van der Waals surface area contributed by atoms with E-state index in [0.717, 1.165) is 16.0 Å². The molecule has 2 unspecified atom stereocenters. The maximum absolute atomic E-state index is 12.4. The molecule has 25 heavy (non-hydrogen) atoms. The summed E-state index contributed by atoms with van der Waals surface area (Å²) >= 11 is 1.43. The average molecular weight is 365 g/mol. The standard InChI is InChI=1S/C19H27NO4S/c1-6-24-15-10-19(17(22)23,18(15,4)5)20-16(21)11-25-14-9-12(2)7-8-13(14)3/h7-9,15H,6,10-11H2,1-5H3,(H,20,21)(H,22,23). The monoisotopic (exact) mass is 365 g/mol. The number of amides is 1. The summed E-state index contributed by atoms with van der Waals surface area (Å²) in [6, 6.07) is 6.10. The van der Waals surface area contributed by atoms with Gasteiger partial charge in [0.25, 0.3) is 0 Å². The van der Waals surface area contributed by atoms with Crippen LogP contribution in [0.15, 0.2) is 23.1 Å². The molecule has 1 aromatic rings. The lowest BCUT2D eigenvalue weighted by Crippen LogP contribution is -2.76. The number of carbonyl (C=O) groups excluding carboxylic acids is 1. The molecule has 0 radical (unpaired) electrons. The molecule has 0 saturated heterocycles. The predicted molar refractivity (Wildman–Crippen MR) is 99.0 cm³/mol. The number of carboxylic acids is 1. The van der Waals surface area contributed by atoms with Crippen molar-refractivity contribution in [3.8, 4) is 0 Å². The third-order valence-electron chi connectivity index (χ3n) is 5.18. The summed E-state index contributed by atoms with van der Waals surface area (Å²) in [5.74, 6) is -1.08. The molecule has 1 amide bonds. The molecule has 2 N–H and O–H groups in total. The largest absolute Gasteiger partial charge is 0.479 e. The highest BCUT2D eigenvalue weighted by Gasteiger charge is 2.66. The average Bonchev–Trinajstić information content (AvgIpc) is 2.54. The van der Waals surface area contributed by atoms with Gasteiger partial charge < -0.3 is 15.2 Å². The maximum atomic E-state index is 12.4. The summed E-state index contributed by atoms with van der Waals surface area (Å²) in [6.07, 6.45) is 0.129. The van der Waals surface area contributed by atoms with Crippen LogP contribution in [0.25, 0.3) is 0 Å². The van der Waals surface area contributed by atoms with Gasteiger partial charge in [-0.05, 0) is 32.4 Å². The van der Waals surface area contributed by atoms with E-state index >= 15 is 0 Å². The first-order chi connectivity index (χ1) is 11.6. The molecule has 1 aliphatic rings. The molecular formula is C19H27NO4S. The van der Waals surface area contributed by atoms with E-state index in [1.165, 1.54) is 11.8 Å². The van der Waals surface area contributed by atoms with Crippen LogP contribution < -0.4 is 5.32 Å². The van der Waals surface area contributed by atoms with Crippen molar-refractivity contribution in [1.82, 2.24) is 5.32 Å². The molecule has 0 aliphatic heterocycles. The minimum Gasteiger partial charge on any atom is -0.479 e. The highest BCUT2D eigenvalue weighted by Crippen LogP contribution is 2.51. The van der Waals surface area contributed by atoms with Crippen LogP contribution in [0.4, 0.5) is 0 Å². The van der Waals surface area contributed by atoms with Crippen LogP contribution in [0.5, 0.6) is 0 Å². The van der Waals surface area contributed by atoms with Crippen molar-refractivity contribution in [1.29, 1.82) is 0 Å². The van der Waals surface area contributed by atoms with Gasteiger partial charge in [-0.15, -0.1) is 11.8 Å². The van der Waals surface area contributed by atoms with Crippen LogP contribution in [0.3, 0.4) is 0 Å². The van der Waals surface area contributed by atoms with E-state index in [4.69, 9.17) is 4.74 Å². The molecule has 1 fully saturated rings. The van der Waals surface area contributed by atoms with Crippen molar-refractivity contribution >= 4 is 23.6 Å². The number of carbonyl (C=O) groups is 2. The predicted octanol–water partition coefficient (Wildman–Crippen LogP) is 3.17. The number of aryl methyl sites for hydroxylation is 2. The Morgan fingerprint density at radius 3 is 2.60 bits per heavy atom. The molecule has 5 nitrogen and oxygen atoms in total. The first-order valence-electron chi connectivity index (χ1n) is 8.50. The molecule has 0 heterocycles. The Morgan fingerprint density at radius 1 is 1.36 bits per heavy atom. The zero-order valence-corrected chi connectivity index (χ0v) is 16.3. The van der Waals surface area contributed by atoms with E-state index in [2.05, 4.69) is 5.32 Å². The van der Waals surface area contributed by atoms with Crippen LogP contribution in [0.2, 0.25) is 0 Å². The second kappa shape index (κ2) is 7.38. The molecule has 6 heteroatoms. The van der Waals surface area contributed by atoms with Gasteiger partial charge in [-0.2, -0.15) is 0 Å². The SMILES string of the molecule is CCOC1CC(NC(=O)CSc2cc(C)ccc2C)(C(=O)O)C1(C)C. The molecule has 1 aliphatic carbocycles. The van der Waals surface area contributed by atoms with E-state index in [1.54, 1.807) is 0 Å². The van der Waals surface area contributed by atoms with Crippen LogP contribution in [0, 0.1) is 19.3 Å². The Kier molecular flexibility index (Phi) is 5.84. The Bertz CT molecular complexity index is 673. The van der Waals surface area contributed by atoms with Gasteiger partial charge in [0.05, 0.1) is 11.9 Å². The smallest absolute Gasteiger partial charge is 0.330 e. The van der Waals surface area contributed by atoms with Crippen molar-refractivity contribution in [3.05, 3.63) is 29.3 Å². The van der Waals surface area contributed by atoms with Gasteiger partial charge >= 0.3 is 5.97 Å². The van der Waals surface area contributed by atoms with E-state index < -0.39 is 16.9 Å². The molecule has 2 rings (SSSR count). The normalized spacial score (nSPS) is 24.4. The molecule has 1 saturated carbocycles. The number of thioether (sulfide) groups is 1. The molecule has 0 aromatic heterocycles. The lowest BCUT2D eigenvalue weighted by molar-refractivity contribution is -0.194. The van der Waals surface area contributed by atoms with E-state index in [1.807, 2.05) is 52.8 Å². The van der Waals surface area contributed by atoms with Crippen LogP contribution in [-0.2, 0) is 14.3 Å². The first-order valence-corrected chi connectivity index (χ1v) is 9.48. The van der Waals surface area contributed by atoms with Crippen molar-refractivity contribution in [2.24, 2.45) is 5.41 Å². The number of carboxylic acid groups (broad SMARTS) is 1. The number of rotatable bonds is 7. The summed E-state index contributed by atoms with van der Waals surface area (Å²) in [5.41, 5.74) is 0.313. The van der Waals surface area contributed by atoms with Crippen molar-refractivity contribution in [2.45, 2.75) is 57.6 Å². The van der Waals surface area contributed by atoms with E-state index in [0.29, 0.717) is 13.0 Å². The lowest BCUT2D eigenvalue weighted by atomic mass is 9.54. The van der Waals surface area contributed by atoms with Gasteiger partial charge in [0.2, 0.25) is 5.91 Å². The fourth-order valence-electron chi connectivity index (χ4n) is 3.32. The number of benzene rings is 1. The van der Waals surface area contributed by atoms with Gasteiger partial charge in [0, 0.05) is 23.3 Å². The minimum atomic E-state index is -1.27. The summed E-state index contributed by atoms with van der Waals surface area (Å²) in [4.78, 5) is 25.4. The Morgan fingerprint density at radius 2 is 2.04 bits per heavy atom. The van der Waals surface area contributed by atoms with Crippen LogP contribution >= 0.6 is 11.8 Å². The van der Waals surface area contributed by atoms with E-state index in [9.17, 15) is 14.7 Å². The Hall–Kier alpha value is -1.53. The number of hydrogen-bond acceptors (Lipinski definition) is 4. The van der Waals surface area contributed by atoms with Crippen molar-refractivity contribution in [3.63, 3.8) is 0 Å². The summed E-state index contributed by atoms with van der Waals surface area (Å²) in [7, 11) is 0. The third-order valence-corrected chi connectivity index (χ3v) is 6.34. The maximum Gasteiger partial charge on any atom is 0.330 e. The summed E-state index contributed by atoms with van der Waals surface area (Å²) < 4.78 is 5.62. The minimum absolute atomic E-state index is 0.166. The molecule has 0 spiro atoms. The summed E-state index contributed by atoms with van der Waals surface area (Å²) in [5, 5.41) is 12.5.